The lowest BCUT2D eigenvalue weighted by atomic mass is 10.2. The van der Waals surface area contributed by atoms with E-state index >= 15 is 0 Å². The first-order valence-corrected chi connectivity index (χ1v) is 8.40. The molecule has 4 aromatic heterocycles. The smallest absolute Gasteiger partial charge is 0.256 e. The molecule has 0 spiro atoms. The maximum absolute atomic E-state index is 12.2. The molecule has 0 fully saturated rings. The Morgan fingerprint density at radius 3 is 2.89 bits per heavy atom. The SMILES string of the molecule is Cc1ccn2c(NC(=O)CCCc3nc(-c4ccncc4)no3)nnc2n1. The number of carbonyl (C=O) groups excluding carboxylic acids is 1. The first-order valence-electron chi connectivity index (χ1n) is 8.40. The summed E-state index contributed by atoms with van der Waals surface area (Å²) in [5.74, 6) is 1.62. The molecule has 4 heterocycles. The predicted octanol–water partition coefficient (Wildman–Crippen LogP) is 1.84. The van der Waals surface area contributed by atoms with Gasteiger partial charge in [0.1, 0.15) is 0 Å². The number of aryl methyl sites for hydroxylation is 2. The molecule has 0 bridgehead atoms. The highest BCUT2D eigenvalue weighted by molar-refractivity contribution is 5.89. The minimum absolute atomic E-state index is 0.168. The first-order chi connectivity index (χ1) is 13.2. The van der Waals surface area contributed by atoms with Crippen LogP contribution in [0.2, 0.25) is 0 Å². The van der Waals surface area contributed by atoms with E-state index < -0.39 is 0 Å². The van der Waals surface area contributed by atoms with Crippen LogP contribution < -0.4 is 5.32 Å². The van der Waals surface area contributed by atoms with Crippen molar-refractivity contribution >= 4 is 17.6 Å². The average Bonchev–Trinajstić information content (AvgIpc) is 3.30. The summed E-state index contributed by atoms with van der Waals surface area (Å²) in [5, 5.41) is 14.6. The van der Waals surface area contributed by atoms with Gasteiger partial charge in [0.2, 0.25) is 23.6 Å². The summed E-state index contributed by atoms with van der Waals surface area (Å²) in [7, 11) is 0. The molecule has 0 unspecified atom stereocenters. The molecule has 0 atom stereocenters. The molecule has 0 aromatic carbocycles. The van der Waals surface area contributed by atoms with Crippen LogP contribution in [-0.4, -0.2) is 40.6 Å². The topological polar surface area (TPSA) is 124 Å². The molecule has 0 saturated heterocycles. The summed E-state index contributed by atoms with van der Waals surface area (Å²) in [5.41, 5.74) is 1.67. The summed E-state index contributed by atoms with van der Waals surface area (Å²) < 4.78 is 6.86. The number of hydrogen-bond acceptors (Lipinski definition) is 8. The van der Waals surface area contributed by atoms with Gasteiger partial charge in [-0.2, -0.15) is 4.98 Å². The maximum atomic E-state index is 12.2. The number of anilines is 1. The number of fused-ring (bicyclic) bond motifs is 1. The normalized spacial score (nSPS) is 11.0. The number of aromatic nitrogens is 7. The third-order valence-corrected chi connectivity index (χ3v) is 3.87. The van der Waals surface area contributed by atoms with Crippen LogP contribution in [0.5, 0.6) is 0 Å². The highest BCUT2D eigenvalue weighted by Gasteiger charge is 2.12. The summed E-state index contributed by atoms with van der Waals surface area (Å²) in [6.07, 6.45) is 6.47. The van der Waals surface area contributed by atoms with Gasteiger partial charge in [-0.1, -0.05) is 5.16 Å². The second-order valence-electron chi connectivity index (χ2n) is 5.91. The third-order valence-electron chi connectivity index (χ3n) is 3.87. The molecule has 10 nitrogen and oxygen atoms in total. The van der Waals surface area contributed by atoms with Gasteiger partial charge in [0.25, 0.3) is 5.78 Å². The lowest BCUT2D eigenvalue weighted by molar-refractivity contribution is -0.116. The van der Waals surface area contributed by atoms with Crippen LogP contribution >= 0.6 is 0 Å². The van der Waals surface area contributed by atoms with Crippen molar-refractivity contribution in [1.29, 1.82) is 0 Å². The van der Waals surface area contributed by atoms with Gasteiger partial charge >= 0.3 is 0 Å². The van der Waals surface area contributed by atoms with Crippen LogP contribution in [0.4, 0.5) is 5.95 Å². The van der Waals surface area contributed by atoms with Crippen LogP contribution in [0.25, 0.3) is 17.2 Å². The molecule has 4 aromatic rings. The summed E-state index contributed by atoms with van der Waals surface area (Å²) in [4.78, 5) is 24.7. The Labute approximate surface area is 153 Å². The summed E-state index contributed by atoms with van der Waals surface area (Å²) >= 11 is 0. The van der Waals surface area contributed by atoms with E-state index in [-0.39, 0.29) is 5.91 Å². The van der Waals surface area contributed by atoms with E-state index in [1.54, 1.807) is 35.1 Å². The summed E-state index contributed by atoms with van der Waals surface area (Å²) in [6, 6.07) is 5.44. The first kappa shape index (κ1) is 16.8. The minimum atomic E-state index is -0.168. The van der Waals surface area contributed by atoms with Crippen LogP contribution in [0, 0.1) is 6.92 Å². The van der Waals surface area contributed by atoms with Gasteiger partial charge in [0.05, 0.1) is 0 Å². The molecule has 0 saturated carbocycles. The molecule has 0 radical (unpaired) electrons. The molecule has 27 heavy (non-hydrogen) atoms. The lowest BCUT2D eigenvalue weighted by Gasteiger charge is -2.02. The third kappa shape index (κ3) is 3.78. The van der Waals surface area contributed by atoms with E-state index in [0.717, 1.165) is 11.3 Å². The monoisotopic (exact) mass is 364 g/mol. The van der Waals surface area contributed by atoms with Crippen molar-refractivity contribution in [3.8, 4) is 11.4 Å². The summed E-state index contributed by atoms with van der Waals surface area (Å²) in [6.45, 7) is 1.87. The molecule has 1 N–H and O–H groups in total. The Morgan fingerprint density at radius 2 is 2.04 bits per heavy atom. The Morgan fingerprint density at radius 1 is 1.19 bits per heavy atom. The zero-order valence-electron chi connectivity index (χ0n) is 14.5. The number of nitrogens with zero attached hydrogens (tertiary/aromatic N) is 7. The van der Waals surface area contributed by atoms with Crippen LogP contribution in [0.3, 0.4) is 0 Å². The van der Waals surface area contributed by atoms with Crippen molar-refractivity contribution in [2.75, 3.05) is 5.32 Å². The molecule has 0 aliphatic heterocycles. The zero-order valence-corrected chi connectivity index (χ0v) is 14.5. The Hall–Kier alpha value is -3.69. The molecule has 4 rings (SSSR count). The highest BCUT2D eigenvalue weighted by Crippen LogP contribution is 2.15. The van der Waals surface area contributed by atoms with E-state index in [1.165, 1.54) is 0 Å². The molecule has 1 amide bonds. The van der Waals surface area contributed by atoms with Gasteiger partial charge in [-0.15, -0.1) is 10.2 Å². The van der Waals surface area contributed by atoms with Crippen molar-refractivity contribution in [3.63, 3.8) is 0 Å². The van der Waals surface area contributed by atoms with E-state index in [9.17, 15) is 4.79 Å². The fraction of sp³-hybridized carbons (Fsp3) is 0.235. The van der Waals surface area contributed by atoms with Crippen molar-refractivity contribution in [1.82, 2.24) is 34.7 Å². The van der Waals surface area contributed by atoms with Gasteiger partial charge in [-0.05, 0) is 31.5 Å². The number of pyridine rings is 1. The number of rotatable bonds is 6. The quantitative estimate of drug-likeness (QED) is 0.549. The fourth-order valence-corrected chi connectivity index (χ4v) is 2.52. The second kappa shape index (κ2) is 7.28. The molecule has 10 heteroatoms. The zero-order chi connectivity index (χ0) is 18.6. The van der Waals surface area contributed by atoms with E-state index in [4.69, 9.17) is 4.52 Å². The van der Waals surface area contributed by atoms with E-state index in [1.807, 2.05) is 13.0 Å². The number of amides is 1. The molecule has 0 aliphatic rings. The van der Waals surface area contributed by atoms with Gasteiger partial charge in [0, 0.05) is 42.7 Å². The van der Waals surface area contributed by atoms with Gasteiger partial charge in [-0.25, -0.2) is 4.98 Å². The Balaban J connectivity index is 1.31. The maximum Gasteiger partial charge on any atom is 0.256 e. The largest absolute Gasteiger partial charge is 0.339 e. The van der Waals surface area contributed by atoms with Crippen LogP contribution in [0.1, 0.15) is 24.4 Å². The Kier molecular flexibility index (Phi) is 4.52. The van der Waals surface area contributed by atoms with Crippen molar-refractivity contribution in [2.45, 2.75) is 26.2 Å². The molecular formula is C17H16N8O2. The fourth-order valence-electron chi connectivity index (χ4n) is 2.52. The van der Waals surface area contributed by atoms with Crippen LogP contribution in [0.15, 0.2) is 41.3 Å². The standard InChI is InChI=1S/C17H16N8O2/c1-11-7-10-25-16(19-11)22-23-17(25)20-13(26)3-2-4-14-21-15(24-27-14)12-5-8-18-9-6-12/h5-10H,2-4H2,1H3,(H,20,23,26). The molecule has 0 aliphatic carbocycles. The van der Waals surface area contributed by atoms with E-state index in [2.05, 4.69) is 35.6 Å². The highest BCUT2D eigenvalue weighted by atomic mass is 16.5. The average molecular weight is 364 g/mol. The minimum Gasteiger partial charge on any atom is -0.339 e. The van der Waals surface area contributed by atoms with Crippen molar-refractivity contribution in [2.24, 2.45) is 0 Å². The Bertz CT molecular complexity index is 1070. The van der Waals surface area contributed by atoms with Gasteiger partial charge in [0.15, 0.2) is 0 Å². The van der Waals surface area contributed by atoms with Gasteiger partial charge in [-0.3, -0.25) is 19.5 Å². The number of nitrogens with one attached hydrogen (secondary N) is 1. The lowest BCUT2D eigenvalue weighted by Crippen LogP contribution is -2.14. The van der Waals surface area contributed by atoms with E-state index in [0.29, 0.717) is 42.7 Å². The molecule has 136 valence electrons. The van der Waals surface area contributed by atoms with Crippen molar-refractivity contribution in [3.05, 3.63) is 48.4 Å². The number of hydrogen-bond donors (Lipinski definition) is 1. The number of carbonyl (C=O) groups is 1. The van der Waals surface area contributed by atoms with Gasteiger partial charge < -0.3 is 4.52 Å². The predicted molar refractivity (Wildman–Crippen MR) is 94.6 cm³/mol. The van der Waals surface area contributed by atoms with Crippen LogP contribution in [-0.2, 0) is 11.2 Å². The van der Waals surface area contributed by atoms with Crippen molar-refractivity contribution < 1.29 is 9.32 Å². The second-order valence-corrected chi connectivity index (χ2v) is 5.91. The molecular weight excluding hydrogens is 348 g/mol.